The van der Waals surface area contributed by atoms with E-state index < -0.39 is 5.72 Å². The summed E-state index contributed by atoms with van der Waals surface area (Å²) in [5, 5.41) is 0. The van der Waals surface area contributed by atoms with Crippen LogP contribution < -0.4 is 5.73 Å². The number of hydrogen-bond donors (Lipinski definition) is 1. The Labute approximate surface area is 122 Å². The lowest BCUT2D eigenvalue weighted by Crippen LogP contribution is -2.41. The SMILES string of the molecule is CC(C)(CCCC=O)OCCC(C)(N)OCCCC=O. The number of ether oxygens (including phenoxy) is 2. The summed E-state index contributed by atoms with van der Waals surface area (Å²) in [6.07, 6.45) is 5.82. The smallest absolute Gasteiger partial charge is 0.120 e. The summed E-state index contributed by atoms with van der Waals surface area (Å²) < 4.78 is 11.3. The Bertz CT molecular complexity index is 277. The van der Waals surface area contributed by atoms with Gasteiger partial charge in [-0.25, -0.2) is 0 Å². The lowest BCUT2D eigenvalue weighted by Gasteiger charge is -2.29. The molecular weight excluding hydrogens is 258 g/mol. The lowest BCUT2D eigenvalue weighted by atomic mass is 10.0. The number of unbranched alkanes of at least 4 members (excludes halogenated alkanes) is 2. The Kier molecular flexibility index (Phi) is 9.63. The first-order chi connectivity index (χ1) is 9.33. The van der Waals surface area contributed by atoms with Gasteiger partial charge in [0.25, 0.3) is 0 Å². The second-order valence-electron chi connectivity index (χ2n) is 5.89. The molecule has 0 aromatic rings. The lowest BCUT2D eigenvalue weighted by molar-refractivity contribution is -0.110. The van der Waals surface area contributed by atoms with Crippen LogP contribution in [-0.4, -0.2) is 37.1 Å². The van der Waals surface area contributed by atoms with Gasteiger partial charge in [0.2, 0.25) is 0 Å². The summed E-state index contributed by atoms with van der Waals surface area (Å²) in [4.78, 5) is 20.5. The van der Waals surface area contributed by atoms with Gasteiger partial charge in [0, 0.05) is 25.9 Å². The predicted octanol–water partition coefficient (Wildman–Crippen LogP) is 2.21. The summed E-state index contributed by atoms with van der Waals surface area (Å²) in [5.74, 6) is 0. The monoisotopic (exact) mass is 287 g/mol. The standard InChI is InChI=1S/C15H29NO4/c1-14(2,8-4-5-10-17)19-13-9-15(3,16)20-12-7-6-11-18/h10-11H,4-9,12-13,16H2,1-3H3. The number of aldehydes is 2. The summed E-state index contributed by atoms with van der Waals surface area (Å²) in [5.41, 5.74) is 5.03. The van der Waals surface area contributed by atoms with E-state index in [1.807, 2.05) is 20.8 Å². The molecule has 0 heterocycles. The van der Waals surface area contributed by atoms with Gasteiger partial charge < -0.3 is 24.8 Å². The average Bonchev–Trinajstić information content (AvgIpc) is 2.34. The quantitative estimate of drug-likeness (QED) is 0.319. The molecular formula is C15H29NO4. The van der Waals surface area contributed by atoms with E-state index in [1.165, 1.54) is 0 Å². The van der Waals surface area contributed by atoms with E-state index in [1.54, 1.807) is 0 Å². The number of rotatable bonds is 13. The van der Waals surface area contributed by atoms with Crippen molar-refractivity contribution in [3.8, 4) is 0 Å². The number of nitrogens with two attached hydrogens (primary N) is 1. The van der Waals surface area contributed by atoms with Gasteiger partial charge in [-0.05, 0) is 40.0 Å². The van der Waals surface area contributed by atoms with Crippen molar-refractivity contribution in [3.05, 3.63) is 0 Å². The molecule has 0 radical (unpaired) electrons. The summed E-state index contributed by atoms with van der Waals surface area (Å²) in [7, 11) is 0. The molecule has 0 amide bonds. The minimum atomic E-state index is -0.734. The molecule has 20 heavy (non-hydrogen) atoms. The second-order valence-corrected chi connectivity index (χ2v) is 5.89. The van der Waals surface area contributed by atoms with Crippen molar-refractivity contribution >= 4 is 12.6 Å². The minimum absolute atomic E-state index is 0.253. The van der Waals surface area contributed by atoms with E-state index in [4.69, 9.17) is 15.2 Å². The van der Waals surface area contributed by atoms with Crippen LogP contribution in [0.25, 0.3) is 0 Å². The average molecular weight is 287 g/mol. The van der Waals surface area contributed by atoms with Gasteiger partial charge in [-0.2, -0.15) is 0 Å². The van der Waals surface area contributed by atoms with Crippen LogP contribution in [0.3, 0.4) is 0 Å². The molecule has 0 saturated carbocycles. The highest BCUT2D eigenvalue weighted by Gasteiger charge is 2.22. The number of carbonyl (C=O) groups excluding carboxylic acids is 2. The normalized spacial score (nSPS) is 14.8. The highest BCUT2D eigenvalue weighted by atomic mass is 16.5. The molecule has 0 aliphatic heterocycles. The molecule has 5 nitrogen and oxygen atoms in total. The van der Waals surface area contributed by atoms with Crippen molar-refractivity contribution in [2.75, 3.05) is 13.2 Å². The van der Waals surface area contributed by atoms with Gasteiger partial charge in [0.15, 0.2) is 0 Å². The Balaban J connectivity index is 3.83. The minimum Gasteiger partial charge on any atom is -0.375 e. The first-order valence-corrected chi connectivity index (χ1v) is 7.27. The van der Waals surface area contributed by atoms with Crippen LogP contribution in [0.15, 0.2) is 0 Å². The largest absolute Gasteiger partial charge is 0.375 e. The van der Waals surface area contributed by atoms with Crippen LogP contribution in [0.2, 0.25) is 0 Å². The van der Waals surface area contributed by atoms with Crippen molar-refractivity contribution in [2.45, 2.75) is 70.6 Å². The molecule has 0 fully saturated rings. The molecule has 0 spiro atoms. The third-order valence-corrected chi connectivity index (χ3v) is 3.09. The molecule has 5 heteroatoms. The Morgan fingerprint density at radius 1 is 0.900 bits per heavy atom. The van der Waals surface area contributed by atoms with Crippen molar-refractivity contribution in [1.82, 2.24) is 0 Å². The molecule has 0 rings (SSSR count). The molecule has 2 N–H and O–H groups in total. The maximum atomic E-state index is 10.3. The van der Waals surface area contributed by atoms with Crippen LogP contribution in [0.5, 0.6) is 0 Å². The molecule has 118 valence electrons. The van der Waals surface area contributed by atoms with Crippen LogP contribution >= 0.6 is 0 Å². The van der Waals surface area contributed by atoms with Crippen LogP contribution in [0.4, 0.5) is 0 Å². The number of carbonyl (C=O) groups is 2. The van der Waals surface area contributed by atoms with Gasteiger partial charge >= 0.3 is 0 Å². The zero-order chi connectivity index (χ0) is 15.5. The third kappa shape index (κ3) is 11.1. The zero-order valence-electron chi connectivity index (χ0n) is 13.0. The third-order valence-electron chi connectivity index (χ3n) is 3.09. The molecule has 0 saturated heterocycles. The number of hydrogen-bond acceptors (Lipinski definition) is 5. The molecule has 0 bridgehead atoms. The van der Waals surface area contributed by atoms with Crippen molar-refractivity contribution < 1.29 is 19.1 Å². The van der Waals surface area contributed by atoms with Gasteiger partial charge in [-0.3, -0.25) is 0 Å². The highest BCUT2D eigenvalue weighted by molar-refractivity contribution is 5.49. The van der Waals surface area contributed by atoms with Gasteiger partial charge in [-0.1, -0.05) is 0 Å². The summed E-state index contributed by atoms with van der Waals surface area (Å²) >= 11 is 0. The molecule has 1 unspecified atom stereocenters. The molecule has 0 aromatic heterocycles. The molecule has 0 aliphatic carbocycles. The van der Waals surface area contributed by atoms with Crippen molar-refractivity contribution in [2.24, 2.45) is 5.73 Å². The molecule has 1 atom stereocenters. The van der Waals surface area contributed by atoms with Crippen LogP contribution in [-0.2, 0) is 19.1 Å². The topological polar surface area (TPSA) is 78.6 Å². The first-order valence-electron chi connectivity index (χ1n) is 7.27. The van der Waals surface area contributed by atoms with Crippen molar-refractivity contribution in [3.63, 3.8) is 0 Å². The molecule has 0 aromatic carbocycles. The van der Waals surface area contributed by atoms with Crippen LogP contribution in [0.1, 0.15) is 59.3 Å². The first kappa shape index (κ1) is 19.2. The van der Waals surface area contributed by atoms with E-state index in [9.17, 15) is 9.59 Å². The zero-order valence-corrected chi connectivity index (χ0v) is 13.0. The fourth-order valence-electron chi connectivity index (χ4n) is 1.76. The van der Waals surface area contributed by atoms with Crippen LogP contribution in [0, 0.1) is 0 Å². The molecule has 0 aliphatic rings. The van der Waals surface area contributed by atoms with Gasteiger partial charge in [0.1, 0.15) is 18.3 Å². The Morgan fingerprint density at radius 2 is 1.50 bits per heavy atom. The fourth-order valence-corrected chi connectivity index (χ4v) is 1.76. The maximum Gasteiger partial charge on any atom is 0.120 e. The van der Waals surface area contributed by atoms with E-state index in [-0.39, 0.29) is 5.60 Å². The van der Waals surface area contributed by atoms with E-state index >= 15 is 0 Å². The van der Waals surface area contributed by atoms with E-state index in [0.717, 1.165) is 25.4 Å². The predicted molar refractivity (Wildman–Crippen MR) is 78.4 cm³/mol. The Hall–Kier alpha value is -0.780. The fraction of sp³-hybridized carbons (Fsp3) is 0.867. The van der Waals surface area contributed by atoms with E-state index in [2.05, 4.69) is 0 Å². The Morgan fingerprint density at radius 3 is 2.10 bits per heavy atom. The van der Waals surface area contributed by atoms with Crippen molar-refractivity contribution in [1.29, 1.82) is 0 Å². The summed E-state index contributed by atoms with van der Waals surface area (Å²) in [6.45, 7) is 6.83. The van der Waals surface area contributed by atoms with Gasteiger partial charge in [-0.15, -0.1) is 0 Å². The maximum absolute atomic E-state index is 10.3. The van der Waals surface area contributed by atoms with E-state index in [0.29, 0.717) is 38.9 Å². The second kappa shape index (κ2) is 10.0. The summed E-state index contributed by atoms with van der Waals surface area (Å²) in [6, 6.07) is 0. The van der Waals surface area contributed by atoms with Gasteiger partial charge in [0.05, 0.1) is 12.2 Å². The highest BCUT2D eigenvalue weighted by Crippen LogP contribution is 2.19.